The van der Waals surface area contributed by atoms with E-state index in [4.69, 9.17) is 0 Å². The van der Waals surface area contributed by atoms with Crippen LogP contribution in [0.5, 0.6) is 0 Å². The molecule has 0 spiro atoms. The number of hydrogen-bond donors (Lipinski definition) is 0. The van der Waals surface area contributed by atoms with Crippen LogP contribution in [0, 0.1) is 0 Å². The summed E-state index contributed by atoms with van der Waals surface area (Å²) in [5.41, 5.74) is 0. The van der Waals surface area contributed by atoms with Crippen molar-refractivity contribution in [3.05, 3.63) is 0 Å². The van der Waals surface area contributed by atoms with Crippen LogP contribution in [0.15, 0.2) is 0 Å². The molecule has 1 rings (SSSR count). The van der Waals surface area contributed by atoms with Gasteiger partial charge >= 0.3 is 0 Å². The van der Waals surface area contributed by atoms with Crippen LogP contribution in [0.1, 0.15) is 66.2 Å². The highest BCUT2D eigenvalue weighted by Gasteiger charge is 2.33. The Kier molecular flexibility index (Phi) is 4.94. The molecule has 0 aromatic rings. The van der Waals surface area contributed by atoms with Crippen LogP contribution in [0.3, 0.4) is 0 Å². The first-order chi connectivity index (χ1) is 6.70. The fourth-order valence-electron chi connectivity index (χ4n) is 3.08. The van der Waals surface area contributed by atoms with E-state index >= 15 is 0 Å². The van der Waals surface area contributed by atoms with E-state index in [9.17, 15) is 0 Å². The summed E-state index contributed by atoms with van der Waals surface area (Å²) in [6, 6.07) is 2.51. The summed E-state index contributed by atoms with van der Waals surface area (Å²) >= 11 is 0. The highest BCUT2D eigenvalue weighted by Crippen LogP contribution is 2.31. The Morgan fingerprint density at radius 3 is 1.71 bits per heavy atom. The molecular formula is C13H27N. The number of rotatable bonds is 5. The second-order valence-corrected chi connectivity index (χ2v) is 5.00. The van der Waals surface area contributed by atoms with Crippen molar-refractivity contribution in [3.63, 3.8) is 0 Å². The Labute approximate surface area is 89.9 Å². The van der Waals surface area contributed by atoms with E-state index < -0.39 is 0 Å². The molecule has 1 aliphatic heterocycles. The first-order valence-electron chi connectivity index (χ1n) is 6.48. The molecule has 0 unspecified atom stereocenters. The molecular weight excluding hydrogens is 170 g/mol. The van der Waals surface area contributed by atoms with E-state index in [-0.39, 0.29) is 0 Å². The van der Waals surface area contributed by atoms with Gasteiger partial charge in [-0.25, -0.2) is 0 Å². The van der Waals surface area contributed by atoms with Crippen LogP contribution in [-0.4, -0.2) is 23.0 Å². The molecule has 1 aliphatic rings. The lowest BCUT2D eigenvalue weighted by Gasteiger charge is -2.33. The van der Waals surface area contributed by atoms with Gasteiger partial charge in [-0.1, -0.05) is 26.7 Å². The van der Waals surface area contributed by atoms with Gasteiger partial charge in [0.1, 0.15) is 0 Å². The van der Waals surface area contributed by atoms with Crippen LogP contribution < -0.4 is 0 Å². The van der Waals surface area contributed by atoms with Gasteiger partial charge in [0.15, 0.2) is 0 Å². The van der Waals surface area contributed by atoms with Crippen LogP contribution in [-0.2, 0) is 0 Å². The quantitative estimate of drug-likeness (QED) is 0.647. The number of nitrogens with zero attached hydrogens (tertiary/aromatic N) is 1. The minimum absolute atomic E-state index is 0.741. The van der Waals surface area contributed by atoms with Crippen molar-refractivity contribution < 1.29 is 0 Å². The second-order valence-electron chi connectivity index (χ2n) is 5.00. The zero-order valence-corrected chi connectivity index (χ0v) is 10.4. The standard InChI is InChI=1S/C13H27N/c1-5-7-12-9-10-13(8-6-2)14(12)11(3)4/h11-13H,5-10H2,1-4H3/t12-,13-/m0/s1. The largest absolute Gasteiger partial charge is 0.295 e. The first-order valence-corrected chi connectivity index (χ1v) is 6.48. The van der Waals surface area contributed by atoms with E-state index in [1.807, 2.05) is 0 Å². The minimum atomic E-state index is 0.741. The van der Waals surface area contributed by atoms with Gasteiger partial charge in [-0.2, -0.15) is 0 Å². The number of hydrogen-bond acceptors (Lipinski definition) is 1. The summed E-state index contributed by atoms with van der Waals surface area (Å²) in [6.07, 6.45) is 8.36. The molecule has 0 radical (unpaired) electrons. The molecule has 1 heteroatoms. The van der Waals surface area contributed by atoms with Crippen LogP contribution in [0.2, 0.25) is 0 Å². The van der Waals surface area contributed by atoms with Gasteiger partial charge in [0, 0.05) is 18.1 Å². The Morgan fingerprint density at radius 2 is 1.43 bits per heavy atom. The summed E-state index contributed by atoms with van der Waals surface area (Å²) in [5, 5.41) is 0. The Hall–Kier alpha value is -0.0400. The van der Waals surface area contributed by atoms with Crippen molar-refractivity contribution in [2.75, 3.05) is 0 Å². The zero-order chi connectivity index (χ0) is 10.6. The summed E-state index contributed by atoms with van der Waals surface area (Å²) in [6.45, 7) is 9.34. The van der Waals surface area contributed by atoms with E-state index in [1.54, 1.807) is 0 Å². The molecule has 1 nitrogen and oxygen atoms in total. The summed E-state index contributed by atoms with van der Waals surface area (Å²) in [5.74, 6) is 0. The minimum Gasteiger partial charge on any atom is -0.295 e. The predicted octanol–water partition coefficient (Wildman–Crippen LogP) is 3.83. The van der Waals surface area contributed by atoms with Crippen LogP contribution >= 0.6 is 0 Å². The zero-order valence-electron chi connectivity index (χ0n) is 10.4. The third-order valence-corrected chi connectivity index (χ3v) is 3.52. The monoisotopic (exact) mass is 197 g/mol. The van der Waals surface area contributed by atoms with E-state index in [0.29, 0.717) is 0 Å². The van der Waals surface area contributed by atoms with Crippen molar-refractivity contribution in [2.45, 2.75) is 84.3 Å². The molecule has 1 saturated heterocycles. The van der Waals surface area contributed by atoms with Crippen molar-refractivity contribution in [1.82, 2.24) is 4.90 Å². The Balaban J connectivity index is 2.54. The van der Waals surface area contributed by atoms with Gasteiger partial charge in [0.25, 0.3) is 0 Å². The topological polar surface area (TPSA) is 3.24 Å². The molecule has 0 aliphatic carbocycles. The van der Waals surface area contributed by atoms with Gasteiger partial charge in [0.2, 0.25) is 0 Å². The number of likely N-dealkylation sites (tertiary alicyclic amines) is 1. The maximum Gasteiger partial charge on any atom is 0.0101 e. The summed E-state index contributed by atoms with van der Waals surface area (Å²) in [7, 11) is 0. The molecule has 2 atom stereocenters. The van der Waals surface area contributed by atoms with E-state index in [1.165, 1.54) is 38.5 Å². The van der Waals surface area contributed by atoms with E-state index in [2.05, 4.69) is 32.6 Å². The third-order valence-electron chi connectivity index (χ3n) is 3.52. The highest BCUT2D eigenvalue weighted by molar-refractivity contribution is 4.88. The average molecular weight is 197 g/mol. The molecule has 0 bridgehead atoms. The highest BCUT2D eigenvalue weighted by atomic mass is 15.2. The normalized spacial score (nSPS) is 28.9. The molecule has 0 amide bonds. The lowest BCUT2D eigenvalue weighted by Crippen LogP contribution is -2.41. The van der Waals surface area contributed by atoms with Gasteiger partial charge in [-0.15, -0.1) is 0 Å². The summed E-state index contributed by atoms with van der Waals surface area (Å²) < 4.78 is 0. The molecule has 0 aromatic carbocycles. The maximum absolute atomic E-state index is 2.78. The van der Waals surface area contributed by atoms with Gasteiger partial charge in [0.05, 0.1) is 0 Å². The molecule has 84 valence electrons. The average Bonchev–Trinajstić information content (AvgIpc) is 2.49. The van der Waals surface area contributed by atoms with E-state index in [0.717, 1.165) is 18.1 Å². The SMILES string of the molecule is CCC[C@H]1CC[C@H](CCC)N1C(C)C. The van der Waals surface area contributed by atoms with Crippen molar-refractivity contribution in [3.8, 4) is 0 Å². The van der Waals surface area contributed by atoms with Crippen LogP contribution in [0.4, 0.5) is 0 Å². The Bertz CT molecular complexity index is 139. The molecule has 1 heterocycles. The predicted molar refractivity (Wildman–Crippen MR) is 63.6 cm³/mol. The smallest absolute Gasteiger partial charge is 0.0101 e. The van der Waals surface area contributed by atoms with Gasteiger partial charge in [-0.05, 0) is 39.5 Å². The molecule has 14 heavy (non-hydrogen) atoms. The third kappa shape index (κ3) is 2.73. The van der Waals surface area contributed by atoms with Gasteiger partial charge in [-0.3, -0.25) is 4.90 Å². The first kappa shape index (κ1) is 12.0. The molecule has 1 fully saturated rings. The maximum atomic E-state index is 2.78. The van der Waals surface area contributed by atoms with Crippen molar-refractivity contribution >= 4 is 0 Å². The van der Waals surface area contributed by atoms with Crippen LogP contribution in [0.25, 0.3) is 0 Å². The molecule has 0 N–H and O–H groups in total. The lowest BCUT2D eigenvalue weighted by molar-refractivity contribution is 0.135. The second kappa shape index (κ2) is 5.75. The van der Waals surface area contributed by atoms with Crippen molar-refractivity contribution in [2.24, 2.45) is 0 Å². The fraction of sp³-hybridized carbons (Fsp3) is 1.00. The lowest BCUT2D eigenvalue weighted by atomic mass is 10.1. The molecule has 0 aromatic heterocycles. The Morgan fingerprint density at radius 1 is 1.00 bits per heavy atom. The molecule has 0 saturated carbocycles. The summed E-state index contributed by atoms with van der Waals surface area (Å²) in [4.78, 5) is 2.78. The van der Waals surface area contributed by atoms with Crippen molar-refractivity contribution in [1.29, 1.82) is 0 Å². The fourth-order valence-corrected chi connectivity index (χ4v) is 3.08. The van der Waals surface area contributed by atoms with Gasteiger partial charge < -0.3 is 0 Å².